The Morgan fingerprint density at radius 2 is 1.45 bits per heavy atom. The zero-order chi connectivity index (χ0) is 22.4. The van der Waals surface area contributed by atoms with Crippen LogP contribution in [-0.2, 0) is 23.0 Å². The second-order valence-corrected chi connectivity index (χ2v) is 8.66. The summed E-state index contributed by atoms with van der Waals surface area (Å²) in [4.78, 5) is 9.01. The topological polar surface area (TPSA) is 110 Å². The van der Waals surface area contributed by atoms with Crippen LogP contribution >= 0.6 is 0 Å². The molecule has 0 atom stereocenters. The molecule has 0 aromatic heterocycles. The van der Waals surface area contributed by atoms with Gasteiger partial charge < -0.3 is 15.6 Å². The molecule has 9 heteroatoms. The van der Waals surface area contributed by atoms with E-state index in [1.807, 2.05) is 24.3 Å². The van der Waals surface area contributed by atoms with Crippen LogP contribution in [0, 0.1) is 5.82 Å². The van der Waals surface area contributed by atoms with Crippen molar-refractivity contribution in [2.24, 2.45) is 5.73 Å². The lowest BCUT2D eigenvalue weighted by Gasteiger charge is -2.28. The van der Waals surface area contributed by atoms with Gasteiger partial charge in [-0.05, 0) is 66.1 Å². The molecule has 162 valence electrons. The van der Waals surface area contributed by atoms with Gasteiger partial charge in [0, 0.05) is 13.1 Å². The molecule has 7 nitrogen and oxygen atoms in total. The van der Waals surface area contributed by atoms with Crippen molar-refractivity contribution >= 4 is 16.1 Å². The first-order valence-electron chi connectivity index (χ1n) is 9.34. The third-order valence-electron chi connectivity index (χ3n) is 4.61. The normalized spacial score (nSPS) is 13.5. The Labute approximate surface area is 179 Å². The molecular formula is C22H21FN2O5S. The van der Waals surface area contributed by atoms with Gasteiger partial charge in [-0.25, -0.2) is 17.6 Å². The van der Waals surface area contributed by atoms with Crippen LogP contribution in [0.3, 0.4) is 0 Å². The summed E-state index contributed by atoms with van der Waals surface area (Å²) in [6, 6.07) is 19.9. The maximum absolute atomic E-state index is 13.0. The number of ether oxygens (including phenoxy) is 1. The zero-order valence-electron chi connectivity index (χ0n) is 16.4. The van der Waals surface area contributed by atoms with Crippen LogP contribution in [-0.4, -0.2) is 30.5 Å². The molecule has 0 radical (unpaired) electrons. The van der Waals surface area contributed by atoms with Crippen LogP contribution in [0.2, 0.25) is 0 Å². The van der Waals surface area contributed by atoms with Crippen LogP contribution in [0.4, 0.5) is 9.18 Å². The second-order valence-electron chi connectivity index (χ2n) is 6.72. The highest BCUT2D eigenvalue weighted by Crippen LogP contribution is 2.27. The lowest BCUT2D eigenvalue weighted by atomic mass is 10.0. The third kappa shape index (κ3) is 5.80. The number of primary amides is 1. The molecule has 31 heavy (non-hydrogen) atoms. The molecule has 0 saturated carbocycles. The van der Waals surface area contributed by atoms with E-state index < -0.39 is 16.1 Å². The molecule has 0 saturated heterocycles. The largest absolute Gasteiger partial charge is 0.465 e. The van der Waals surface area contributed by atoms with Crippen molar-refractivity contribution in [2.75, 3.05) is 6.54 Å². The van der Waals surface area contributed by atoms with Crippen LogP contribution in [0.1, 0.15) is 11.1 Å². The van der Waals surface area contributed by atoms with Gasteiger partial charge in [-0.3, -0.25) is 0 Å². The minimum absolute atomic E-state index is 0.230. The predicted molar refractivity (Wildman–Crippen MR) is 113 cm³/mol. The number of nitrogens with two attached hydrogens (primary N) is 1. The first kappa shape index (κ1) is 22.3. The summed E-state index contributed by atoms with van der Waals surface area (Å²) in [5.74, 6) is 0.635. The van der Waals surface area contributed by atoms with Crippen LogP contribution in [0.25, 0.3) is 0 Å². The quantitative estimate of drug-likeness (QED) is 0.632. The van der Waals surface area contributed by atoms with E-state index in [0.717, 1.165) is 5.56 Å². The fourth-order valence-electron chi connectivity index (χ4n) is 3.14. The molecule has 1 aliphatic rings. The summed E-state index contributed by atoms with van der Waals surface area (Å²) in [6.07, 6.45) is -0.624. The van der Waals surface area contributed by atoms with Crippen molar-refractivity contribution in [3.8, 4) is 11.5 Å². The molecule has 3 aromatic rings. The third-order valence-corrected chi connectivity index (χ3v) is 6.47. The number of hydrogen-bond donors (Lipinski definition) is 2. The van der Waals surface area contributed by atoms with Gasteiger partial charge in [-0.15, -0.1) is 0 Å². The molecule has 4 rings (SSSR count). The van der Waals surface area contributed by atoms with Crippen LogP contribution in [0.15, 0.2) is 77.7 Å². The monoisotopic (exact) mass is 444 g/mol. The number of nitrogens with zero attached hydrogens (tertiary/aromatic N) is 1. The van der Waals surface area contributed by atoms with E-state index in [1.165, 1.54) is 46.3 Å². The van der Waals surface area contributed by atoms with Crippen molar-refractivity contribution in [3.63, 3.8) is 0 Å². The number of hydrogen-bond acceptors (Lipinski definition) is 4. The molecule has 1 amide bonds. The van der Waals surface area contributed by atoms with Gasteiger partial charge in [0.15, 0.2) is 0 Å². The molecule has 0 unspecified atom stereocenters. The Balaban J connectivity index is 0.000000628. The Morgan fingerprint density at radius 1 is 0.935 bits per heavy atom. The van der Waals surface area contributed by atoms with E-state index in [1.54, 1.807) is 12.1 Å². The summed E-state index contributed by atoms with van der Waals surface area (Å²) < 4.78 is 46.0. The fraction of sp³-hybridized carbons (Fsp3) is 0.136. The first-order valence-corrected chi connectivity index (χ1v) is 10.8. The highest BCUT2D eigenvalue weighted by Gasteiger charge is 2.28. The van der Waals surface area contributed by atoms with Gasteiger partial charge in [0.25, 0.3) is 0 Å². The predicted octanol–water partition coefficient (Wildman–Crippen LogP) is 3.99. The SMILES string of the molecule is NC(=O)O.O=S(=O)(c1ccc(Oc2ccc(F)cc2)cc1)N1CCc2ccccc2C1. The number of carbonyl (C=O) groups is 1. The van der Waals surface area contributed by atoms with E-state index in [9.17, 15) is 12.8 Å². The second kappa shape index (κ2) is 9.59. The average Bonchev–Trinajstić information content (AvgIpc) is 2.75. The van der Waals surface area contributed by atoms with E-state index in [0.29, 0.717) is 31.0 Å². The number of benzene rings is 3. The molecule has 1 heterocycles. The number of halogens is 1. The number of rotatable bonds is 4. The Morgan fingerprint density at radius 3 is 2.03 bits per heavy atom. The Bertz CT molecular complexity index is 1150. The molecule has 3 aromatic carbocycles. The maximum atomic E-state index is 13.0. The lowest BCUT2D eigenvalue weighted by Crippen LogP contribution is -2.35. The number of sulfonamides is 1. The van der Waals surface area contributed by atoms with Crippen molar-refractivity contribution in [3.05, 3.63) is 89.7 Å². The van der Waals surface area contributed by atoms with Crippen molar-refractivity contribution < 1.29 is 27.4 Å². The fourth-order valence-corrected chi connectivity index (χ4v) is 4.56. The molecular weight excluding hydrogens is 423 g/mol. The van der Waals surface area contributed by atoms with Gasteiger partial charge in [0.05, 0.1) is 4.90 Å². The van der Waals surface area contributed by atoms with Gasteiger partial charge >= 0.3 is 6.09 Å². The minimum atomic E-state index is -3.57. The van der Waals surface area contributed by atoms with E-state index >= 15 is 0 Å². The van der Waals surface area contributed by atoms with E-state index in [4.69, 9.17) is 14.6 Å². The zero-order valence-corrected chi connectivity index (χ0v) is 17.3. The first-order chi connectivity index (χ1) is 14.8. The van der Waals surface area contributed by atoms with Gasteiger partial charge in [-0.1, -0.05) is 24.3 Å². The van der Waals surface area contributed by atoms with Crippen molar-refractivity contribution in [1.29, 1.82) is 0 Å². The summed E-state index contributed by atoms with van der Waals surface area (Å²) in [7, 11) is -3.57. The lowest BCUT2D eigenvalue weighted by molar-refractivity contribution is 0.205. The summed E-state index contributed by atoms with van der Waals surface area (Å²) >= 11 is 0. The molecule has 0 fully saturated rings. The van der Waals surface area contributed by atoms with Gasteiger partial charge in [0.2, 0.25) is 10.0 Å². The van der Waals surface area contributed by atoms with Gasteiger partial charge in [-0.2, -0.15) is 4.31 Å². The molecule has 0 spiro atoms. The number of fused-ring (bicyclic) bond motifs is 1. The summed E-state index contributed by atoms with van der Waals surface area (Å²) in [6.45, 7) is 0.847. The number of carboxylic acid groups (broad SMARTS) is 1. The minimum Gasteiger partial charge on any atom is -0.465 e. The van der Waals surface area contributed by atoms with Crippen LogP contribution in [0.5, 0.6) is 11.5 Å². The molecule has 0 bridgehead atoms. The van der Waals surface area contributed by atoms with Gasteiger partial charge in [0.1, 0.15) is 17.3 Å². The van der Waals surface area contributed by atoms with Crippen LogP contribution < -0.4 is 10.5 Å². The standard InChI is InChI=1S/C21H18FNO3S.CH3NO2/c22-18-5-7-19(8-6-18)26-20-9-11-21(12-10-20)27(24,25)23-14-13-16-3-1-2-4-17(16)15-23;2-1(3)4/h1-12H,13-15H2;2H2,(H,3,4). The smallest absolute Gasteiger partial charge is 0.402 e. The van der Waals surface area contributed by atoms with Crippen molar-refractivity contribution in [1.82, 2.24) is 4.31 Å². The Kier molecular flexibility index (Phi) is 6.88. The molecule has 0 aliphatic carbocycles. The molecule has 1 aliphatic heterocycles. The summed E-state index contributed by atoms with van der Waals surface area (Å²) in [5, 5.41) is 7.19. The summed E-state index contributed by atoms with van der Waals surface area (Å²) in [5.41, 5.74) is 6.27. The highest BCUT2D eigenvalue weighted by molar-refractivity contribution is 7.89. The van der Waals surface area contributed by atoms with E-state index in [-0.39, 0.29) is 10.7 Å². The number of amides is 1. The van der Waals surface area contributed by atoms with E-state index in [2.05, 4.69) is 5.73 Å². The maximum Gasteiger partial charge on any atom is 0.402 e. The average molecular weight is 444 g/mol. The van der Waals surface area contributed by atoms with Crippen molar-refractivity contribution in [2.45, 2.75) is 17.9 Å². The molecule has 3 N–H and O–H groups in total. The highest BCUT2D eigenvalue weighted by atomic mass is 32.2. The Hall–Kier alpha value is -3.43.